The van der Waals surface area contributed by atoms with Crippen molar-refractivity contribution in [3.63, 3.8) is 0 Å². The van der Waals surface area contributed by atoms with Crippen LogP contribution in [0.3, 0.4) is 0 Å². The molecule has 3 unspecified atom stereocenters. The van der Waals surface area contributed by atoms with Crippen molar-refractivity contribution in [2.75, 3.05) is 19.8 Å². The van der Waals surface area contributed by atoms with E-state index in [0.29, 0.717) is 13.0 Å². The van der Waals surface area contributed by atoms with E-state index in [4.69, 9.17) is 5.11 Å². The number of carboxylic acid groups (broad SMARTS) is 1. The van der Waals surface area contributed by atoms with Crippen molar-refractivity contribution < 1.29 is 18.9 Å². The zero-order valence-corrected chi connectivity index (χ0v) is 11.4. The van der Waals surface area contributed by atoms with Crippen LogP contribution in [0.25, 0.3) is 0 Å². The van der Waals surface area contributed by atoms with Gasteiger partial charge in [-0.1, -0.05) is 6.92 Å². The molecular formula is C10H20N2O4S. The van der Waals surface area contributed by atoms with Crippen molar-refractivity contribution in [3.05, 3.63) is 0 Å². The van der Waals surface area contributed by atoms with Gasteiger partial charge in [0, 0.05) is 35.9 Å². The van der Waals surface area contributed by atoms with Crippen LogP contribution in [0.1, 0.15) is 20.3 Å². The highest BCUT2D eigenvalue weighted by Gasteiger charge is 2.21. The van der Waals surface area contributed by atoms with Gasteiger partial charge in [-0.2, -0.15) is 0 Å². The average Bonchev–Trinajstić information content (AvgIpc) is 2.26. The number of amides is 2. The summed E-state index contributed by atoms with van der Waals surface area (Å²) in [6, 6.07) is -1.30. The van der Waals surface area contributed by atoms with E-state index in [1.54, 1.807) is 6.26 Å². The van der Waals surface area contributed by atoms with Crippen LogP contribution in [0, 0.1) is 0 Å². The van der Waals surface area contributed by atoms with E-state index >= 15 is 0 Å². The fourth-order valence-electron chi connectivity index (χ4n) is 1.01. The van der Waals surface area contributed by atoms with E-state index in [0.717, 1.165) is 4.90 Å². The minimum absolute atomic E-state index is 0.0116. The number of likely N-dealkylation sites (N-methyl/N-ethyl adjacent to an activating group) is 1. The molecule has 0 aromatic heterocycles. The van der Waals surface area contributed by atoms with E-state index in [2.05, 4.69) is 5.32 Å². The second kappa shape index (κ2) is 7.26. The molecule has 0 aliphatic rings. The highest BCUT2D eigenvalue weighted by Crippen LogP contribution is 1.99. The molecule has 0 aliphatic heterocycles. The molecule has 3 atom stereocenters. The summed E-state index contributed by atoms with van der Waals surface area (Å²) in [5.41, 5.74) is 0. The maximum Gasteiger partial charge on any atom is 0.326 e. The van der Waals surface area contributed by atoms with Gasteiger partial charge in [0.05, 0.1) is 0 Å². The van der Waals surface area contributed by atoms with Gasteiger partial charge >= 0.3 is 12.0 Å². The Labute approximate surface area is 104 Å². The standard InChI is InChI=1S/C10H20N2O4S/c1-7(17(4)16)5-6-11-10(15)12(3)8(2)9(13)14/h7-8H,5-6H2,1-4H3,(H,11,15)(H,13,14). The fraction of sp³-hybridized carbons (Fsp3) is 0.800. The molecule has 2 N–H and O–H groups in total. The van der Waals surface area contributed by atoms with Gasteiger partial charge in [-0.05, 0) is 13.3 Å². The first-order valence-electron chi connectivity index (χ1n) is 5.33. The minimum atomic E-state index is -1.05. The quantitative estimate of drug-likeness (QED) is 0.720. The first kappa shape index (κ1) is 15.9. The van der Waals surface area contributed by atoms with Crippen molar-refractivity contribution in [2.45, 2.75) is 31.6 Å². The lowest BCUT2D eigenvalue weighted by molar-refractivity contribution is -0.141. The third-order valence-electron chi connectivity index (χ3n) is 2.65. The number of aliphatic carboxylic acids is 1. The minimum Gasteiger partial charge on any atom is -0.480 e. The van der Waals surface area contributed by atoms with Crippen LogP contribution in [0.5, 0.6) is 0 Å². The molecule has 0 radical (unpaired) electrons. The molecule has 0 heterocycles. The topological polar surface area (TPSA) is 86.7 Å². The number of rotatable bonds is 6. The summed E-state index contributed by atoms with van der Waals surface area (Å²) in [6.07, 6.45) is 2.22. The Morgan fingerprint density at radius 3 is 2.35 bits per heavy atom. The molecule has 17 heavy (non-hydrogen) atoms. The van der Waals surface area contributed by atoms with Gasteiger partial charge < -0.3 is 15.3 Å². The predicted octanol–water partition coefficient (Wildman–Crippen LogP) is 0.258. The number of hydrogen-bond donors (Lipinski definition) is 2. The monoisotopic (exact) mass is 264 g/mol. The molecule has 0 aromatic rings. The van der Waals surface area contributed by atoms with Gasteiger partial charge in [0.25, 0.3) is 0 Å². The van der Waals surface area contributed by atoms with Crippen LogP contribution in [-0.4, -0.2) is 57.4 Å². The third-order valence-corrected chi connectivity index (χ3v) is 4.02. The van der Waals surface area contributed by atoms with Gasteiger partial charge in [0.1, 0.15) is 6.04 Å². The number of nitrogens with zero attached hydrogens (tertiary/aromatic N) is 1. The number of carbonyl (C=O) groups is 2. The highest BCUT2D eigenvalue weighted by molar-refractivity contribution is 7.84. The Morgan fingerprint density at radius 2 is 1.94 bits per heavy atom. The van der Waals surface area contributed by atoms with Crippen LogP contribution in [-0.2, 0) is 15.6 Å². The Balaban J connectivity index is 4.02. The number of urea groups is 1. The van der Waals surface area contributed by atoms with Gasteiger partial charge in [-0.15, -0.1) is 0 Å². The zero-order valence-electron chi connectivity index (χ0n) is 10.6. The smallest absolute Gasteiger partial charge is 0.326 e. The van der Waals surface area contributed by atoms with Crippen LogP contribution in [0.15, 0.2) is 0 Å². The first-order valence-corrected chi connectivity index (χ1v) is 6.95. The van der Waals surface area contributed by atoms with Crippen LogP contribution >= 0.6 is 0 Å². The third kappa shape index (κ3) is 5.67. The maximum atomic E-state index is 11.5. The first-order chi connectivity index (χ1) is 7.77. The molecular weight excluding hydrogens is 244 g/mol. The van der Waals surface area contributed by atoms with Crippen molar-refractivity contribution in [2.24, 2.45) is 0 Å². The van der Waals surface area contributed by atoms with Crippen molar-refractivity contribution >= 4 is 22.8 Å². The predicted molar refractivity (Wildman–Crippen MR) is 66.4 cm³/mol. The van der Waals surface area contributed by atoms with E-state index in [-0.39, 0.29) is 5.25 Å². The SMILES string of the molecule is CC(C(=O)O)N(C)C(=O)NCCC(C)S(C)=O. The van der Waals surface area contributed by atoms with E-state index in [1.165, 1.54) is 14.0 Å². The molecule has 2 amide bonds. The number of hydrogen-bond acceptors (Lipinski definition) is 3. The van der Waals surface area contributed by atoms with Crippen LogP contribution in [0.2, 0.25) is 0 Å². The van der Waals surface area contributed by atoms with Gasteiger partial charge in [-0.25, -0.2) is 9.59 Å². The maximum absolute atomic E-state index is 11.5. The van der Waals surface area contributed by atoms with E-state index in [9.17, 15) is 13.8 Å². The summed E-state index contributed by atoms with van der Waals surface area (Å²) in [7, 11) is 0.515. The molecule has 0 spiro atoms. The summed E-state index contributed by atoms with van der Waals surface area (Å²) in [5, 5.41) is 11.3. The number of carbonyl (C=O) groups excluding carboxylic acids is 1. The molecule has 0 aliphatic carbocycles. The van der Waals surface area contributed by atoms with Gasteiger partial charge in [0.15, 0.2) is 0 Å². The van der Waals surface area contributed by atoms with Crippen molar-refractivity contribution in [3.8, 4) is 0 Å². The Kier molecular flexibility index (Phi) is 6.79. The largest absolute Gasteiger partial charge is 0.480 e. The molecule has 0 aromatic carbocycles. The molecule has 0 saturated carbocycles. The van der Waals surface area contributed by atoms with Gasteiger partial charge in [0.2, 0.25) is 0 Å². The summed E-state index contributed by atoms with van der Waals surface area (Å²) < 4.78 is 11.1. The lowest BCUT2D eigenvalue weighted by Crippen LogP contribution is -2.46. The van der Waals surface area contributed by atoms with Crippen LogP contribution in [0.4, 0.5) is 4.79 Å². The Bertz CT molecular complexity index is 309. The lowest BCUT2D eigenvalue weighted by Gasteiger charge is -2.22. The summed E-state index contributed by atoms with van der Waals surface area (Å²) in [5.74, 6) is -1.05. The lowest BCUT2D eigenvalue weighted by atomic mass is 10.3. The van der Waals surface area contributed by atoms with Gasteiger partial charge in [-0.3, -0.25) is 4.21 Å². The molecule has 0 saturated heterocycles. The summed E-state index contributed by atoms with van der Waals surface area (Å²) in [4.78, 5) is 23.3. The van der Waals surface area contributed by atoms with Crippen LogP contribution < -0.4 is 5.32 Å². The Hall–Kier alpha value is -1.11. The van der Waals surface area contributed by atoms with Crippen molar-refractivity contribution in [1.82, 2.24) is 10.2 Å². The van der Waals surface area contributed by atoms with Crippen molar-refractivity contribution in [1.29, 1.82) is 0 Å². The molecule has 7 heteroatoms. The number of nitrogens with one attached hydrogen (secondary N) is 1. The summed E-state index contributed by atoms with van der Waals surface area (Å²) >= 11 is 0. The molecule has 6 nitrogen and oxygen atoms in total. The Morgan fingerprint density at radius 1 is 1.41 bits per heavy atom. The van der Waals surface area contributed by atoms with E-state index in [1.807, 2.05) is 6.92 Å². The molecule has 0 rings (SSSR count). The average molecular weight is 264 g/mol. The second-order valence-corrected chi connectivity index (χ2v) is 5.76. The van der Waals surface area contributed by atoms with E-state index < -0.39 is 28.8 Å². The summed E-state index contributed by atoms with van der Waals surface area (Å²) in [6.45, 7) is 3.66. The molecule has 0 bridgehead atoms. The molecule has 0 fully saturated rings. The fourth-order valence-corrected chi connectivity index (χ4v) is 1.46. The zero-order chi connectivity index (χ0) is 13.6. The normalized spacial score (nSPS) is 15.8. The molecule has 100 valence electrons. The number of carboxylic acids is 1. The second-order valence-electron chi connectivity index (χ2n) is 3.95. The highest BCUT2D eigenvalue weighted by atomic mass is 32.2.